The summed E-state index contributed by atoms with van der Waals surface area (Å²) in [6.07, 6.45) is 0. The van der Waals surface area contributed by atoms with Gasteiger partial charge in [-0.05, 0) is 29.8 Å². The summed E-state index contributed by atoms with van der Waals surface area (Å²) in [6, 6.07) is 16.5. The van der Waals surface area contributed by atoms with Crippen molar-refractivity contribution in [2.75, 3.05) is 19.7 Å². The molecule has 0 unspecified atom stereocenters. The van der Waals surface area contributed by atoms with Crippen LogP contribution in [0.3, 0.4) is 0 Å². The number of carbonyl (C=O) groups excluding carboxylic acids is 2. The summed E-state index contributed by atoms with van der Waals surface area (Å²) in [4.78, 5) is 25.3. The van der Waals surface area contributed by atoms with Gasteiger partial charge in [-0.2, -0.15) is 0 Å². The average Bonchev–Trinajstić information content (AvgIpc) is 2.61. The second kappa shape index (κ2) is 9.69. The molecule has 0 aliphatic carbocycles. The summed E-state index contributed by atoms with van der Waals surface area (Å²) in [7, 11) is 0. The number of nitrogens with zero attached hydrogens (tertiary/aromatic N) is 1. The van der Waals surface area contributed by atoms with Crippen LogP contribution in [-0.2, 0) is 16.1 Å². The lowest BCUT2D eigenvalue weighted by Crippen LogP contribution is -2.38. The molecule has 0 spiro atoms. The van der Waals surface area contributed by atoms with E-state index < -0.39 is 0 Å². The molecule has 1 N–H and O–H groups in total. The average molecular weight is 361 g/mol. The second-order valence-electron chi connectivity index (χ2n) is 5.52. The molecule has 2 rings (SSSR count). The predicted octanol–water partition coefficient (Wildman–Crippen LogP) is 2.88. The molecule has 5 nitrogen and oxygen atoms in total. The van der Waals surface area contributed by atoms with E-state index in [-0.39, 0.29) is 18.4 Å². The minimum absolute atomic E-state index is 0.0319. The Balaban J connectivity index is 1.72. The Labute approximate surface area is 152 Å². The highest BCUT2D eigenvalue weighted by Gasteiger charge is 2.10. The molecule has 0 heterocycles. The first-order valence-electron chi connectivity index (χ1n) is 7.99. The number of carbonyl (C=O) groups is 2. The number of rotatable bonds is 8. The van der Waals surface area contributed by atoms with Crippen molar-refractivity contribution in [3.05, 3.63) is 65.2 Å². The van der Waals surface area contributed by atoms with E-state index in [1.807, 2.05) is 30.3 Å². The number of hydrogen-bond acceptors (Lipinski definition) is 3. The standard InChI is InChI=1S/C19H21ClN2O3/c1-15(23)22(13-16-5-3-2-4-6-16)12-11-21-19(24)14-25-18-9-7-17(20)8-10-18/h2-10H,11-14H2,1H3,(H,21,24). The Hall–Kier alpha value is -2.53. The fourth-order valence-corrected chi connectivity index (χ4v) is 2.34. The van der Waals surface area contributed by atoms with E-state index in [2.05, 4.69) is 5.32 Å². The first-order chi connectivity index (χ1) is 12.0. The number of hydrogen-bond donors (Lipinski definition) is 1. The van der Waals surface area contributed by atoms with Gasteiger partial charge in [0.05, 0.1) is 0 Å². The lowest BCUT2D eigenvalue weighted by molar-refractivity contribution is -0.130. The van der Waals surface area contributed by atoms with Crippen molar-refractivity contribution < 1.29 is 14.3 Å². The van der Waals surface area contributed by atoms with Gasteiger partial charge < -0.3 is 15.0 Å². The van der Waals surface area contributed by atoms with Crippen LogP contribution in [0.5, 0.6) is 5.75 Å². The van der Waals surface area contributed by atoms with Crippen LogP contribution in [0.25, 0.3) is 0 Å². The summed E-state index contributed by atoms with van der Waals surface area (Å²) in [6.45, 7) is 2.77. The molecule has 132 valence electrons. The molecule has 0 radical (unpaired) electrons. The van der Waals surface area contributed by atoms with Crippen LogP contribution in [0.1, 0.15) is 12.5 Å². The topological polar surface area (TPSA) is 58.6 Å². The highest BCUT2D eigenvalue weighted by molar-refractivity contribution is 6.30. The molecule has 0 bridgehead atoms. The van der Waals surface area contributed by atoms with Crippen molar-refractivity contribution >= 4 is 23.4 Å². The highest BCUT2D eigenvalue weighted by Crippen LogP contribution is 2.15. The molecule has 0 fully saturated rings. The normalized spacial score (nSPS) is 10.2. The third-order valence-electron chi connectivity index (χ3n) is 3.55. The van der Waals surface area contributed by atoms with Crippen molar-refractivity contribution in [1.82, 2.24) is 10.2 Å². The fraction of sp³-hybridized carbons (Fsp3) is 0.263. The Bertz CT molecular complexity index is 690. The van der Waals surface area contributed by atoms with E-state index in [1.54, 1.807) is 29.2 Å². The van der Waals surface area contributed by atoms with E-state index >= 15 is 0 Å². The molecule has 0 aliphatic rings. The molecule has 0 aliphatic heterocycles. The summed E-state index contributed by atoms with van der Waals surface area (Å²) in [5.41, 5.74) is 1.05. The van der Waals surface area contributed by atoms with Crippen LogP contribution in [0.4, 0.5) is 0 Å². The largest absolute Gasteiger partial charge is 0.484 e. The van der Waals surface area contributed by atoms with Gasteiger partial charge in [0.2, 0.25) is 5.91 Å². The molecule has 0 saturated heterocycles. The van der Waals surface area contributed by atoms with Crippen LogP contribution >= 0.6 is 11.6 Å². The maximum atomic E-state index is 11.8. The lowest BCUT2D eigenvalue weighted by atomic mass is 10.2. The number of halogens is 1. The predicted molar refractivity (Wildman–Crippen MR) is 97.5 cm³/mol. The second-order valence-corrected chi connectivity index (χ2v) is 5.96. The fourth-order valence-electron chi connectivity index (χ4n) is 2.21. The maximum Gasteiger partial charge on any atom is 0.258 e. The van der Waals surface area contributed by atoms with E-state index in [0.29, 0.717) is 30.4 Å². The van der Waals surface area contributed by atoms with E-state index in [1.165, 1.54) is 6.92 Å². The van der Waals surface area contributed by atoms with Gasteiger partial charge in [0.25, 0.3) is 5.91 Å². The smallest absolute Gasteiger partial charge is 0.258 e. The molecule has 0 atom stereocenters. The zero-order chi connectivity index (χ0) is 18.1. The van der Waals surface area contributed by atoms with Gasteiger partial charge in [-0.3, -0.25) is 9.59 Å². The van der Waals surface area contributed by atoms with Crippen molar-refractivity contribution in [2.45, 2.75) is 13.5 Å². The van der Waals surface area contributed by atoms with Crippen molar-refractivity contribution in [2.24, 2.45) is 0 Å². The van der Waals surface area contributed by atoms with Gasteiger partial charge in [0.1, 0.15) is 5.75 Å². The SMILES string of the molecule is CC(=O)N(CCNC(=O)COc1ccc(Cl)cc1)Cc1ccccc1. The van der Waals surface area contributed by atoms with Gasteiger partial charge in [-0.25, -0.2) is 0 Å². The van der Waals surface area contributed by atoms with Gasteiger partial charge in [-0.1, -0.05) is 41.9 Å². The monoisotopic (exact) mass is 360 g/mol. The zero-order valence-corrected chi connectivity index (χ0v) is 14.8. The molecular formula is C19H21ClN2O3. The van der Waals surface area contributed by atoms with E-state index in [0.717, 1.165) is 5.56 Å². The van der Waals surface area contributed by atoms with Crippen molar-refractivity contribution in [1.29, 1.82) is 0 Å². The molecular weight excluding hydrogens is 340 g/mol. The molecule has 25 heavy (non-hydrogen) atoms. The molecule has 2 aromatic rings. The minimum Gasteiger partial charge on any atom is -0.484 e. The van der Waals surface area contributed by atoms with Crippen LogP contribution in [-0.4, -0.2) is 36.4 Å². The van der Waals surface area contributed by atoms with Crippen LogP contribution < -0.4 is 10.1 Å². The summed E-state index contributed by atoms with van der Waals surface area (Å²) in [5.74, 6) is 0.308. The minimum atomic E-state index is -0.238. The molecule has 0 aromatic heterocycles. The quantitative estimate of drug-likeness (QED) is 0.787. The Morgan fingerprint density at radius 1 is 1.08 bits per heavy atom. The number of ether oxygens (including phenoxy) is 1. The van der Waals surface area contributed by atoms with Crippen LogP contribution in [0, 0.1) is 0 Å². The van der Waals surface area contributed by atoms with Gasteiger partial charge in [0.15, 0.2) is 6.61 Å². The first kappa shape index (κ1) is 18.8. The molecule has 2 amide bonds. The van der Waals surface area contributed by atoms with E-state index in [9.17, 15) is 9.59 Å². The van der Waals surface area contributed by atoms with Gasteiger partial charge >= 0.3 is 0 Å². The summed E-state index contributed by atoms with van der Waals surface area (Å²) < 4.78 is 5.37. The van der Waals surface area contributed by atoms with Crippen LogP contribution in [0.15, 0.2) is 54.6 Å². The Kier molecular flexibility index (Phi) is 7.29. The molecule has 0 saturated carbocycles. The number of amides is 2. The number of benzene rings is 2. The Morgan fingerprint density at radius 2 is 1.76 bits per heavy atom. The van der Waals surface area contributed by atoms with Gasteiger partial charge in [-0.15, -0.1) is 0 Å². The van der Waals surface area contributed by atoms with E-state index in [4.69, 9.17) is 16.3 Å². The Morgan fingerprint density at radius 3 is 2.40 bits per heavy atom. The van der Waals surface area contributed by atoms with Crippen LogP contribution in [0.2, 0.25) is 5.02 Å². The highest BCUT2D eigenvalue weighted by atomic mass is 35.5. The molecule has 2 aromatic carbocycles. The third-order valence-corrected chi connectivity index (χ3v) is 3.80. The lowest BCUT2D eigenvalue weighted by Gasteiger charge is -2.21. The maximum absolute atomic E-state index is 11.8. The zero-order valence-electron chi connectivity index (χ0n) is 14.1. The molecule has 6 heteroatoms. The van der Waals surface area contributed by atoms with Gasteiger partial charge in [0, 0.05) is 31.6 Å². The van der Waals surface area contributed by atoms with Crippen molar-refractivity contribution in [3.63, 3.8) is 0 Å². The van der Waals surface area contributed by atoms with Crippen molar-refractivity contribution in [3.8, 4) is 5.75 Å². The summed E-state index contributed by atoms with van der Waals surface area (Å²) in [5, 5.41) is 3.36. The first-order valence-corrected chi connectivity index (χ1v) is 8.37. The number of nitrogens with one attached hydrogen (secondary N) is 1. The third kappa shape index (κ3) is 6.85. The summed E-state index contributed by atoms with van der Waals surface area (Å²) >= 11 is 5.79.